The lowest BCUT2D eigenvalue weighted by molar-refractivity contribution is 0.241. The molecule has 0 fully saturated rings. The Balaban J connectivity index is 1.76. The van der Waals surface area contributed by atoms with Gasteiger partial charge in [-0.3, -0.25) is 4.21 Å². The van der Waals surface area contributed by atoms with Crippen LogP contribution < -0.4 is 10.6 Å². The van der Waals surface area contributed by atoms with Crippen LogP contribution in [0.25, 0.3) is 0 Å². The molecule has 0 saturated heterocycles. The van der Waals surface area contributed by atoms with Crippen molar-refractivity contribution in [1.29, 1.82) is 0 Å². The molecule has 0 bridgehead atoms. The first-order chi connectivity index (χ1) is 9.65. The Labute approximate surface area is 126 Å². The molecule has 1 heterocycles. The van der Waals surface area contributed by atoms with Crippen molar-refractivity contribution < 1.29 is 9.00 Å². The molecule has 112 valence electrons. The third kappa shape index (κ3) is 4.90. The fraction of sp³-hybridized carbons (Fsp3) is 0.643. The van der Waals surface area contributed by atoms with Gasteiger partial charge < -0.3 is 10.6 Å². The van der Waals surface area contributed by atoms with E-state index in [1.165, 1.54) is 47.4 Å². The Morgan fingerprint density at radius 3 is 2.90 bits per heavy atom. The van der Waals surface area contributed by atoms with Crippen LogP contribution in [0.5, 0.6) is 0 Å². The van der Waals surface area contributed by atoms with Crippen molar-refractivity contribution >= 4 is 28.2 Å². The van der Waals surface area contributed by atoms with E-state index in [0.29, 0.717) is 18.8 Å². The number of rotatable bonds is 5. The maximum absolute atomic E-state index is 11.6. The summed E-state index contributed by atoms with van der Waals surface area (Å²) in [5, 5.41) is 5.58. The molecule has 0 aromatic carbocycles. The van der Waals surface area contributed by atoms with Crippen molar-refractivity contribution in [3.8, 4) is 0 Å². The van der Waals surface area contributed by atoms with Gasteiger partial charge in [0.2, 0.25) is 0 Å². The van der Waals surface area contributed by atoms with Crippen LogP contribution in [0.4, 0.5) is 4.79 Å². The van der Waals surface area contributed by atoms with Crippen molar-refractivity contribution in [1.82, 2.24) is 10.6 Å². The molecule has 1 aliphatic carbocycles. The average molecular weight is 314 g/mol. The van der Waals surface area contributed by atoms with Crippen LogP contribution >= 0.6 is 11.3 Å². The number of hydrogen-bond acceptors (Lipinski definition) is 3. The Kier molecular flexibility index (Phi) is 6.04. The molecule has 1 atom stereocenters. The predicted octanol–water partition coefficient (Wildman–Crippen LogP) is 2.19. The summed E-state index contributed by atoms with van der Waals surface area (Å²) in [6, 6.07) is 2.06. The number of thiophene rings is 1. The van der Waals surface area contributed by atoms with Gasteiger partial charge in [0.15, 0.2) is 0 Å². The zero-order valence-electron chi connectivity index (χ0n) is 11.9. The second-order valence-electron chi connectivity index (χ2n) is 5.11. The summed E-state index contributed by atoms with van der Waals surface area (Å²) >= 11 is 1.83. The van der Waals surface area contributed by atoms with Crippen LogP contribution in [0.15, 0.2) is 6.07 Å². The average Bonchev–Trinajstić information content (AvgIpc) is 2.66. The summed E-state index contributed by atoms with van der Waals surface area (Å²) in [4.78, 5) is 14.3. The first-order valence-corrected chi connectivity index (χ1v) is 9.61. The zero-order chi connectivity index (χ0) is 14.4. The van der Waals surface area contributed by atoms with Crippen LogP contribution in [-0.4, -0.2) is 28.8 Å². The number of hydrogen-bond donors (Lipinski definition) is 2. The molecule has 6 heteroatoms. The third-order valence-corrected chi connectivity index (χ3v) is 5.41. The maximum Gasteiger partial charge on any atom is 0.315 e. The second-order valence-corrected chi connectivity index (χ2v) is 7.88. The van der Waals surface area contributed by atoms with Crippen molar-refractivity contribution in [2.45, 2.75) is 38.6 Å². The number of urea groups is 1. The highest BCUT2D eigenvalue weighted by Gasteiger charge is 2.12. The molecule has 1 aliphatic rings. The summed E-state index contributed by atoms with van der Waals surface area (Å²) in [6.07, 6.45) is 7.91. The predicted molar refractivity (Wildman–Crippen MR) is 84.7 cm³/mol. The quantitative estimate of drug-likeness (QED) is 0.819. The molecule has 1 aromatic heterocycles. The van der Waals surface area contributed by atoms with E-state index in [-0.39, 0.29) is 6.03 Å². The van der Waals surface area contributed by atoms with E-state index < -0.39 is 10.8 Å². The lowest BCUT2D eigenvalue weighted by atomic mass is 10.1. The first-order valence-electron chi connectivity index (χ1n) is 7.07. The highest BCUT2D eigenvalue weighted by Crippen LogP contribution is 2.28. The molecule has 1 aromatic rings. The number of carbonyl (C=O) groups excluding carboxylic acids is 1. The maximum atomic E-state index is 11.6. The number of nitrogens with one attached hydrogen (secondary N) is 2. The van der Waals surface area contributed by atoms with E-state index in [4.69, 9.17) is 0 Å². The molecule has 0 aliphatic heterocycles. The lowest BCUT2D eigenvalue weighted by Crippen LogP contribution is -2.36. The van der Waals surface area contributed by atoms with Crippen molar-refractivity contribution in [2.24, 2.45) is 0 Å². The summed E-state index contributed by atoms with van der Waals surface area (Å²) in [6.45, 7) is 1.04. The molecular formula is C14H22N2O2S2. The van der Waals surface area contributed by atoms with Crippen molar-refractivity contribution in [2.75, 3.05) is 18.6 Å². The van der Waals surface area contributed by atoms with Crippen LogP contribution in [-0.2, 0) is 30.2 Å². The van der Waals surface area contributed by atoms with Crippen molar-refractivity contribution in [3.63, 3.8) is 0 Å². The molecule has 0 radical (unpaired) electrons. The summed E-state index contributed by atoms with van der Waals surface area (Å²) in [5.41, 5.74) is 1.48. The monoisotopic (exact) mass is 314 g/mol. The molecule has 0 spiro atoms. The third-order valence-electron chi connectivity index (χ3n) is 3.40. The minimum Gasteiger partial charge on any atom is -0.337 e. The van der Waals surface area contributed by atoms with Crippen LogP contribution in [0.1, 0.15) is 34.6 Å². The standard InChI is InChI=1S/C14H22N2O2S2/c1-20(18)8-7-15-14(17)16-10-12-9-11-5-3-2-4-6-13(11)19-12/h9H,2-8,10H2,1H3,(H2,15,16,17)/t20-/m0/s1. The normalized spacial score (nSPS) is 16.1. The highest BCUT2D eigenvalue weighted by molar-refractivity contribution is 7.84. The molecule has 2 N–H and O–H groups in total. The minimum absolute atomic E-state index is 0.181. The highest BCUT2D eigenvalue weighted by atomic mass is 32.2. The van der Waals surface area contributed by atoms with Gasteiger partial charge in [-0.2, -0.15) is 0 Å². The molecule has 2 rings (SSSR count). The Morgan fingerprint density at radius 2 is 2.10 bits per heavy atom. The summed E-state index contributed by atoms with van der Waals surface area (Å²) in [5.74, 6) is 0.501. The fourth-order valence-electron chi connectivity index (χ4n) is 2.35. The van der Waals surface area contributed by atoms with E-state index in [2.05, 4.69) is 16.7 Å². The molecule has 20 heavy (non-hydrogen) atoms. The minimum atomic E-state index is -0.859. The van der Waals surface area contributed by atoms with Gasteiger partial charge in [-0.25, -0.2) is 4.79 Å². The molecule has 0 saturated carbocycles. The summed E-state index contributed by atoms with van der Waals surface area (Å²) < 4.78 is 10.9. The van der Waals surface area contributed by atoms with E-state index in [1.807, 2.05) is 11.3 Å². The van der Waals surface area contributed by atoms with E-state index in [1.54, 1.807) is 6.26 Å². The number of carbonyl (C=O) groups is 1. The molecule has 4 nitrogen and oxygen atoms in total. The van der Waals surface area contributed by atoms with Gasteiger partial charge >= 0.3 is 6.03 Å². The SMILES string of the molecule is C[S@](=O)CCNC(=O)NCc1cc2c(s1)CCCCC2. The number of aryl methyl sites for hydroxylation is 2. The Bertz CT molecular complexity index is 462. The van der Waals surface area contributed by atoms with Gasteiger partial charge in [0.25, 0.3) is 0 Å². The fourth-order valence-corrected chi connectivity index (χ4v) is 3.94. The lowest BCUT2D eigenvalue weighted by Gasteiger charge is -2.05. The van der Waals surface area contributed by atoms with Gasteiger partial charge in [-0.05, 0) is 37.3 Å². The van der Waals surface area contributed by atoms with E-state index in [9.17, 15) is 9.00 Å². The zero-order valence-corrected chi connectivity index (χ0v) is 13.5. The second kappa shape index (κ2) is 7.78. The molecule has 0 unspecified atom stereocenters. The van der Waals surface area contributed by atoms with Gasteiger partial charge in [0.05, 0.1) is 6.54 Å². The first kappa shape index (κ1) is 15.5. The molecular weight excluding hydrogens is 292 g/mol. The Hall–Kier alpha value is -0.880. The summed E-state index contributed by atoms with van der Waals surface area (Å²) in [7, 11) is -0.859. The largest absolute Gasteiger partial charge is 0.337 e. The van der Waals surface area contributed by atoms with Gasteiger partial charge in [0, 0.05) is 39.1 Å². The van der Waals surface area contributed by atoms with Gasteiger partial charge in [-0.15, -0.1) is 11.3 Å². The number of fused-ring (bicyclic) bond motifs is 1. The van der Waals surface area contributed by atoms with Crippen LogP contribution in [0.2, 0.25) is 0 Å². The topological polar surface area (TPSA) is 58.2 Å². The van der Waals surface area contributed by atoms with Gasteiger partial charge in [-0.1, -0.05) is 6.42 Å². The molecule has 2 amide bonds. The number of amides is 2. The van der Waals surface area contributed by atoms with Crippen molar-refractivity contribution in [3.05, 3.63) is 21.4 Å². The smallest absolute Gasteiger partial charge is 0.315 e. The Morgan fingerprint density at radius 1 is 1.30 bits per heavy atom. The van der Waals surface area contributed by atoms with E-state index in [0.717, 1.165) is 0 Å². The van der Waals surface area contributed by atoms with Crippen LogP contribution in [0, 0.1) is 0 Å². The van der Waals surface area contributed by atoms with E-state index >= 15 is 0 Å². The van der Waals surface area contributed by atoms with Gasteiger partial charge in [0.1, 0.15) is 0 Å². The van der Waals surface area contributed by atoms with Crippen LogP contribution in [0.3, 0.4) is 0 Å².